The molecule has 2 heterocycles. The number of ether oxygens (including phenoxy) is 1. The summed E-state index contributed by atoms with van der Waals surface area (Å²) in [6, 6.07) is 3.21. The maximum atomic E-state index is 11.7. The van der Waals surface area contributed by atoms with Gasteiger partial charge in [-0.25, -0.2) is 19.4 Å². The molecule has 2 aromatic heterocycles. The molecule has 0 unspecified atom stereocenters. The van der Waals surface area contributed by atoms with E-state index in [0.717, 1.165) is 0 Å². The van der Waals surface area contributed by atoms with E-state index in [0.29, 0.717) is 11.4 Å². The summed E-state index contributed by atoms with van der Waals surface area (Å²) in [4.78, 5) is 19.6. The van der Waals surface area contributed by atoms with Gasteiger partial charge in [-0.1, -0.05) is 0 Å². The Bertz CT molecular complexity index is 508. The van der Waals surface area contributed by atoms with Crippen LogP contribution >= 0.6 is 0 Å². The van der Waals surface area contributed by atoms with E-state index < -0.39 is 0 Å². The van der Waals surface area contributed by atoms with Gasteiger partial charge in [-0.15, -0.1) is 0 Å². The molecule has 0 saturated heterocycles. The highest BCUT2D eigenvalue weighted by Crippen LogP contribution is 2.08. The summed E-state index contributed by atoms with van der Waals surface area (Å²) >= 11 is 0. The molecular weight excluding hydrogens is 220 g/mol. The largest absolute Gasteiger partial charge is 0.459 e. The zero-order valence-electron chi connectivity index (χ0n) is 9.57. The van der Waals surface area contributed by atoms with Crippen LogP contribution in [0.15, 0.2) is 31.0 Å². The van der Waals surface area contributed by atoms with E-state index in [4.69, 9.17) is 4.74 Å². The van der Waals surface area contributed by atoms with Crippen LogP contribution in [0, 0.1) is 0 Å². The number of hydrogen-bond donors (Lipinski definition) is 0. The summed E-state index contributed by atoms with van der Waals surface area (Å²) in [7, 11) is 0. The highest BCUT2D eigenvalue weighted by Gasteiger charge is 2.10. The summed E-state index contributed by atoms with van der Waals surface area (Å²) in [5.41, 5.74) is 0.444. The number of esters is 1. The molecule has 0 bridgehead atoms. The highest BCUT2D eigenvalue weighted by molar-refractivity contribution is 5.89. The lowest BCUT2D eigenvalue weighted by atomic mass is 10.2. The van der Waals surface area contributed by atoms with E-state index in [1.54, 1.807) is 26.0 Å². The van der Waals surface area contributed by atoms with E-state index in [-0.39, 0.29) is 12.1 Å². The Morgan fingerprint density at radius 1 is 1.47 bits per heavy atom. The molecule has 0 N–H and O–H groups in total. The smallest absolute Gasteiger partial charge is 0.338 e. The molecule has 0 aliphatic rings. The Morgan fingerprint density at radius 2 is 2.29 bits per heavy atom. The first kappa shape index (κ1) is 11.3. The third kappa shape index (κ3) is 2.66. The maximum Gasteiger partial charge on any atom is 0.338 e. The first-order valence-corrected chi connectivity index (χ1v) is 5.19. The summed E-state index contributed by atoms with van der Waals surface area (Å²) in [5, 5.41) is 3.94. The van der Waals surface area contributed by atoms with Gasteiger partial charge in [0.05, 0.1) is 11.7 Å². The van der Waals surface area contributed by atoms with Crippen LogP contribution < -0.4 is 0 Å². The number of hydrogen-bond acceptors (Lipinski definition) is 5. The Morgan fingerprint density at radius 3 is 2.94 bits per heavy atom. The molecule has 0 radical (unpaired) electrons. The molecular formula is C11H12N4O2. The Kier molecular flexibility index (Phi) is 3.13. The van der Waals surface area contributed by atoms with Crippen LogP contribution in [0.1, 0.15) is 24.2 Å². The topological polar surface area (TPSA) is 69.9 Å². The minimum Gasteiger partial charge on any atom is -0.459 e. The van der Waals surface area contributed by atoms with Gasteiger partial charge in [0, 0.05) is 6.20 Å². The lowest BCUT2D eigenvalue weighted by Crippen LogP contribution is -2.12. The van der Waals surface area contributed by atoms with Gasteiger partial charge in [-0.05, 0) is 26.0 Å². The lowest BCUT2D eigenvalue weighted by Gasteiger charge is -2.08. The molecule has 0 aliphatic carbocycles. The quantitative estimate of drug-likeness (QED) is 0.744. The molecule has 0 aliphatic heterocycles. The van der Waals surface area contributed by atoms with Crippen LogP contribution in [-0.4, -0.2) is 31.8 Å². The average Bonchev–Trinajstić information content (AvgIpc) is 2.82. The summed E-state index contributed by atoms with van der Waals surface area (Å²) in [6.07, 6.45) is 4.31. The van der Waals surface area contributed by atoms with Crippen molar-refractivity contribution in [2.75, 3.05) is 0 Å². The molecule has 88 valence electrons. The van der Waals surface area contributed by atoms with Crippen molar-refractivity contribution in [3.63, 3.8) is 0 Å². The number of pyridine rings is 1. The predicted molar refractivity (Wildman–Crippen MR) is 59.7 cm³/mol. The Hall–Kier alpha value is -2.24. The van der Waals surface area contributed by atoms with Crippen molar-refractivity contribution in [1.82, 2.24) is 19.7 Å². The monoisotopic (exact) mass is 232 g/mol. The van der Waals surface area contributed by atoms with Crippen LogP contribution in [0.4, 0.5) is 0 Å². The molecule has 6 heteroatoms. The van der Waals surface area contributed by atoms with Gasteiger partial charge >= 0.3 is 5.97 Å². The molecule has 0 aromatic carbocycles. The van der Waals surface area contributed by atoms with Gasteiger partial charge in [-0.3, -0.25) is 0 Å². The van der Waals surface area contributed by atoms with E-state index in [1.165, 1.54) is 23.5 Å². The molecule has 0 amide bonds. The van der Waals surface area contributed by atoms with E-state index >= 15 is 0 Å². The normalized spacial score (nSPS) is 10.5. The number of rotatable bonds is 3. The molecule has 0 spiro atoms. The highest BCUT2D eigenvalue weighted by atomic mass is 16.5. The van der Waals surface area contributed by atoms with Crippen molar-refractivity contribution >= 4 is 5.97 Å². The Balaban J connectivity index is 2.26. The van der Waals surface area contributed by atoms with Crippen molar-refractivity contribution in [2.24, 2.45) is 0 Å². The predicted octanol–water partition coefficient (Wildman–Crippen LogP) is 1.23. The van der Waals surface area contributed by atoms with Gasteiger partial charge in [-0.2, -0.15) is 5.10 Å². The lowest BCUT2D eigenvalue weighted by molar-refractivity contribution is 0.0377. The van der Waals surface area contributed by atoms with Crippen molar-refractivity contribution in [2.45, 2.75) is 20.0 Å². The molecule has 0 atom stereocenters. The molecule has 0 saturated carbocycles. The maximum absolute atomic E-state index is 11.7. The van der Waals surface area contributed by atoms with Crippen molar-refractivity contribution in [3.05, 3.63) is 36.5 Å². The van der Waals surface area contributed by atoms with Gasteiger partial charge in [0.2, 0.25) is 0 Å². The van der Waals surface area contributed by atoms with Crippen LogP contribution in [0.2, 0.25) is 0 Å². The fourth-order valence-electron chi connectivity index (χ4n) is 1.28. The van der Waals surface area contributed by atoms with Crippen molar-refractivity contribution < 1.29 is 9.53 Å². The van der Waals surface area contributed by atoms with Gasteiger partial charge < -0.3 is 4.74 Å². The second-order valence-corrected chi connectivity index (χ2v) is 3.70. The number of carbonyl (C=O) groups is 1. The Labute approximate surface area is 98.3 Å². The summed E-state index contributed by atoms with van der Waals surface area (Å²) in [6.45, 7) is 3.61. The minimum absolute atomic E-state index is 0.148. The molecule has 2 aromatic rings. The van der Waals surface area contributed by atoms with Gasteiger partial charge in [0.1, 0.15) is 12.7 Å². The van der Waals surface area contributed by atoms with E-state index in [9.17, 15) is 4.79 Å². The fraction of sp³-hybridized carbons (Fsp3) is 0.273. The van der Waals surface area contributed by atoms with Crippen LogP contribution in [0.5, 0.6) is 0 Å². The average molecular weight is 232 g/mol. The third-order valence-corrected chi connectivity index (χ3v) is 1.98. The second kappa shape index (κ2) is 4.73. The van der Waals surface area contributed by atoms with Gasteiger partial charge in [0.15, 0.2) is 5.82 Å². The molecule has 17 heavy (non-hydrogen) atoms. The van der Waals surface area contributed by atoms with E-state index in [2.05, 4.69) is 15.1 Å². The molecule has 0 fully saturated rings. The SMILES string of the molecule is CC(C)OC(=O)c1ccnc(-n2cncn2)c1. The number of nitrogens with zero attached hydrogens (tertiary/aromatic N) is 4. The zero-order chi connectivity index (χ0) is 12.3. The second-order valence-electron chi connectivity index (χ2n) is 3.70. The molecule has 2 rings (SSSR count). The molecule has 6 nitrogen and oxygen atoms in total. The van der Waals surface area contributed by atoms with Crippen LogP contribution in [0.3, 0.4) is 0 Å². The summed E-state index contributed by atoms with van der Waals surface area (Å²) in [5.74, 6) is 0.157. The van der Waals surface area contributed by atoms with Crippen LogP contribution in [0.25, 0.3) is 5.82 Å². The first-order chi connectivity index (χ1) is 8.16. The van der Waals surface area contributed by atoms with Crippen molar-refractivity contribution in [3.8, 4) is 5.82 Å². The van der Waals surface area contributed by atoms with Crippen molar-refractivity contribution in [1.29, 1.82) is 0 Å². The standard InChI is InChI=1S/C11H12N4O2/c1-8(2)17-11(16)9-3-4-13-10(5-9)15-7-12-6-14-15/h3-8H,1-2H3. The van der Waals surface area contributed by atoms with Gasteiger partial charge in [0.25, 0.3) is 0 Å². The summed E-state index contributed by atoms with van der Waals surface area (Å²) < 4.78 is 6.57. The van der Waals surface area contributed by atoms with E-state index in [1.807, 2.05) is 0 Å². The fourth-order valence-corrected chi connectivity index (χ4v) is 1.28. The third-order valence-electron chi connectivity index (χ3n) is 1.98. The number of carbonyl (C=O) groups excluding carboxylic acids is 1. The zero-order valence-corrected chi connectivity index (χ0v) is 9.57. The number of aromatic nitrogens is 4. The van der Waals surface area contributed by atoms with Crippen LogP contribution in [-0.2, 0) is 4.74 Å². The minimum atomic E-state index is -0.372. The first-order valence-electron chi connectivity index (χ1n) is 5.19.